The number of aryl methyl sites for hydroxylation is 2. The molecule has 0 radical (unpaired) electrons. The van der Waals surface area contributed by atoms with Gasteiger partial charge in [-0.2, -0.15) is 9.97 Å². The van der Waals surface area contributed by atoms with Crippen molar-refractivity contribution in [1.29, 1.82) is 0 Å². The average Bonchev–Trinajstić information content (AvgIpc) is 4.29. The van der Waals surface area contributed by atoms with Crippen molar-refractivity contribution in [1.82, 2.24) is 49.3 Å². The number of fused-ring (bicyclic) bond motifs is 4. The minimum absolute atomic E-state index is 0.136. The Hall–Kier alpha value is -7.95. The molecule has 75 heavy (non-hydrogen) atoms. The second-order valence-electron chi connectivity index (χ2n) is 20.2. The molecule has 10 aromatic rings. The van der Waals surface area contributed by atoms with Crippen molar-refractivity contribution in [2.45, 2.75) is 77.3 Å². The molecule has 2 aliphatic carbocycles. The second kappa shape index (κ2) is 20.8. The van der Waals surface area contributed by atoms with Crippen molar-refractivity contribution in [3.8, 4) is 34.4 Å². The normalized spacial score (nSPS) is 17.6. The first-order valence-electron chi connectivity index (χ1n) is 26.0. The topological polar surface area (TPSA) is 187 Å². The molecule has 0 bridgehead atoms. The highest BCUT2D eigenvalue weighted by Crippen LogP contribution is 2.35. The van der Waals surface area contributed by atoms with Crippen molar-refractivity contribution in [2.75, 3.05) is 36.8 Å². The van der Waals surface area contributed by atoms with E-state index in [2.05, 4.69) is 97.4 Å². The minimum atomic E-state index is -0.157. The summed E-state index contributed by atoms with van der Waals surface area (Å²) in [4.78, 5) is 53.4. The quantitative estimate of drug-likeness (QED) is 0.110. The third kappa shape index (κ3) is 10.6. The number of hydrogen-bond acceptors (Lipinski definition) is 13. The minimum Gasteiger partial charge on any atom is -0.464 e. The molecule has 6 aromatic heterocycles. The van der Waals surface area contributed by atoms with E-state index in [-0.39, 0.29) is 23.1 Å². The van der Waals surface area contributed by atoms with Gasteiger partial charge < -0.3 is 29.7 Å². The Morgan fingerprint density at radius 3 is 1.67 bits per heavy atom. The summed E-state index contributed by atoms with van der Waals surface area (Å²) >= 11 is 5.04. The summed E-state index contributed by atoms with van der Waals surface area (Å²) in [5, 5.41) is 12.3. The van der Waals surface area contributed by atoms with Gasteiger partial charge in [0.25, 0.3) is 0 Å². The molecule has 2 atom stereocenters. The lowest BCUT2D eigenvalue weighted by atomic mass is 10.1. The molecule has 4 aromatic carbocycles. The number of nitrogens with one attached hydrogen (secondary N) is 3. The maximum Gasteiger partial charge on any atom is 0.225 e. The average molecular weight is 1020 g/mol. The van der Waals surface area contributed by atoms with E-state index in [0.29, 0.717) is 30.4 Å². The molecule has 4 fully saturated rings. The summed E-state index contributed by atoms with van der Waals surface area (Å²) in [5.74, 6) is 5.18. The van der Waals surface area contributed by atoms with Gasteiger partial charge in [-0.3, -0.25) is 18.7 Å². The summed E-state index contributed by atoms with van der Waals surface area (Å²) in [6.07, 6.45) is 15.4. The molecule has 2 saturated carbocycles. The number of furan rings is 2. The smallest absolute Gasteiger partial charge is 0.225 e. The number of benzene rings is 4. The van der Waals surface area contributed by atoms with Crippen LogP contribution < -0.4 is 16.0 Å². The first-order valence-corrected chi connectivity index (χ1v) is 26.4. The fourth-order valence-corrected chi connectivity index (χ4v) is 10.3. The van der Waals surface area contributed by atoms with Crippen LogP contribution in [-0.4, -0.2) is 93.4 Å². The van der Waals surface area contributed by atoms with E-state index >= 15 is 0 Å². The van der Waals surface area contributed by atoms with Crippen LogP contribution in [0.25, 0.3) is 78.4 Å². The first kappa shape index (κ1) is 48.0. The van der Waals surface area contributed by atoms with Crippen LogP contribution in [0.5, 0.6) is 0 Å². The van der Waals surface area contributed by atoms with Crippen LogP contribution in [0.3, 0.4) is 0 Å². The molecule has 8 heterocycles. The number of carbonyl (C=O) groups is 2. The van der Waals surface area contributed by atoms with Gasteiger partial charge in [-0.1, -0.05) is 12.1 Å². The molecule has 4 aliphatic rings. The zero-order valence-corrected chi connectivity index (χ0v) is 42.6. The standard InChI is InChI=1S/C29H28N6O2.C25H24N6O.C4H5ClO/c1-18-4-8-23-24(15-18)35(27(32-23)21-7-9-25-20(16-21)11-14-37-25)26-10-12-30-29(33-26)31-22-3-2-13-34(17-22)28(36)19-5-6-19;1-16-4-6-20-21(13-16)31(24(29-20)18-5-7-22-17(14-18)9-12-32-22)23-8-11-27-25(30-23)28-19-3-2-10-26-15-19;5-4(6)3-1-2-3/h4,7-12,14-16,19,22H,2-3,5-6,13,17H2,1H3,(H,30,31,33);4-9,11-14,19,26H,2-3,10,15H2,1H3,(H,27,28,30);3H,1-2H2/t22-;19-;/m00./s1. The lowest BCUT2D eigenvalue weighted by Crippen LogP contribution is -2.45. The summed E-state index contributed by atoms with van der Waals surface area (Å²) in [6, 6.07) is 33.1. The van der Waals surface area contributed by atoms with E-state index in [9.17, 15) is 9.59 Å². The van der Waals surface area contributed by atoms with Crippen molar-refractivity contribution >= 4 is 78.7 Å². The lowest BCUT2D eigenvalue weighted by Gasteiger charge is -2.33. The molecular formula is C58H57ClN12O4. The van der Waals surface area contributed by atoms with Gasteiger partial charge in [0.05, 0.1) is 34.6 Å². The predicted octanol–water partition coefficient (Wildman–Crippen LogP) is 11.2. The van der Waals surface area contributed by atoms with Gasteiger partial charge in [0.2, 0.25) is 23.0 Å². The molecule has 3 N–H and O–H groups in total. The first-order chi connectivity index (χ1) is 36.7. The number of halogens is 1. The number of aromatic nitrogens is 8. The van der Waals surface area contributed by atoms with Gasteiger partial charge in [-0.05, 0) is 179 Å². The number of piperidine rings is 2. The highest BCUT2D eigenvalue weighted by molar-refractivity contribution is 6.64. The number of carbonyl (C=O) groups excluding carboxylic acids is 2. The molecule has 380 valence electrons. The molecule has 16 nitrogen and oxygen atoms in total. The van der Waals surface area contributed by atoms with Gasteiger partial charge in [0, 0.05) is 77.8 Å². The molecule has 14 rings (SSSR count). The molecule has 0 spiro atoms. The van der Waals surface area contributed by atoms with E-state index < -0.39 is 0 Å². The second-order valence-corrected chi connectivity index (χ2v) is 20.5. The highest BCUT2D eigenvalue weighted by atomic mass is 35.5. The van der Waals surface area contributed by atoms with Crippen molar-refractivity contribution in [3.05, 3.63) is 133 Å². The van der Waals surface area contributed by atoms with E-state index in [0.717, 1.165) is 155 Å². The van der Waals surface area contributed by atoms with Crippen molar-refractivity contribution in [3.63, 3.8) is 0 Å². The van der Waals surface area contributed by atoms with Crippen LogP contribution in [0.15, 0.2) is 131 Å². The zero-order valence-electron chi connectivity index (χ0n) is 41.9. The van der Waals surface area contributed by atoms with Crippen molar-refractivity contribution < 1.29 is 18.4 Å². The van der Waals surface area contributed by atoms with Crippen LogP contribution in [0.2, 0.25) is 0 Å². The number of nitrogens with zero attached hydrogens (tertiary/aromatic N) is 9. The number of amides is 1. The van der Waals surface area contributed by atoms with Crippen molar-refractivity contribution in [2.24, 2.45) is 11.8 Å². The van der Waals surface area contributed by atoms with Crippen LogP contribution >= 0.6 is 11.6 Å². The number of rotatable bonds is 10. The Bertz CT molecular complexity index is 3720. The monoisotopic (exact) mass is 1020 g/mol. The number of hydrogen-bond donors (Lipinski definition) is 3. The Morgan fingerprint density at radius 2 is 1.16 bits per heavy atom. The molecule has 2 saturated heterocycles. The van der Waals surface area contributed by atoms with Gasteiger partial charge in [-0.25, -0.2) is 19.9 Å². The summed E-state index contributed by atoms with van der Waals surface area (Å²) in [7, 11) is 0. The van der Waals surface area contributed by atoms with E-state index in [1.165, 1.54) is 5.56 Å². The SMILES string of the molecule is Cc1ccc2nc(-c3ccc4occc4c3)n(-c3ccnc(N[C@H]4CCCN(C(=O)C5CC5)C4)n3)c2c1.Cc1ccc2nc(-c3ccc4occc4c3)n(-c3ccnc(N[C@H]4CCCNC4)n3)c2c1.O=C(Cl)C1CC1. The van der Waals surface area contributed by atoms with Crippen LogP contribution in [0.1, 0.15) is 62.5 Å². The lowest BCUT2D eigenvalue weighted by molar-refractivity contribution is -0.133. The Morgan fingerprint density at radius 1 is 0.613 bits per heavy atom. The van der Waals surface area contributed by atoms with E-state index in [1.807, 2.05) is 59.6 Å². The number of imidazole rings is 2. The Balaban J connectivity index is 0.000000138. The van der Waals surface area contributed by atoms with Crippen LogP contribution in [0, 0.1) is 25.7 Å². The van der Waals surface area contributed by atoms with Crippen LogP contribution in [-0.2, 0) is 9.59 Å². The molecule has 2 aliphatic heterocycles. The maximum atomic E-state index is 12.6. The summed E-state index contributed by atoms with van der Waals surface area (Å²) < 4.78 is 15.3. The maximum absolute atomic E-state index is 12.6. The van der Waals surface area contributed by atoms with Gasteiger partial charge in [0.15, 0.2) is 0 Å². The fourth-order valence-electron chi connectivity index (χ4n) is 10.1. The number of anilines is 2. The predicted molar refractivity (Wildman–Crippen MR) is 292 cm³/mol. The van der Waals surface area contributed by atoms with E-state index in [4.69, 9.17) is 40.4 Å². The molecular weight excluding hydrogens is 964 g/mol. The van der Waals surface area contributed by atoms with Crippen LogP contribution in [0.4, 0.5) is 11.9 Å². The van der Waals surface area contributed by atoms with Gasteiger partial charge >= 0.3 is 0 Å². The van der Waals surface area contributed by atoms with Gasteiger partial charge in [0.1, 0.15) is 34.5 Å². The largest absolute Gasteiger partial charge is 0.464 e. The Labute approximate surface area is 438 Å². The third-order valence-electron chi connectivity index (χ3n) is 14.3. The molecule has 17 heteroatoms. The fraction of sp³-hybridized carbons (Fsp3) is 0.310. The zero-order chi connectivity index (χ0) is 51.0. The molecule has 0 unspecified atom stereocenters. The van der Waals surface area contributed by atoms with Gasteiger partial charge in [-0.15, -0.1) is 0 Å². The summed E-state index contributed by atoms with van der Waals surface area (Å²) in [5.41, 5.74) is 9.89. The Kier molecular flexibility index (Phi) is 13.3. The number of likely N-dealkylation sites (tertiary alicyclic amines) is 1. The summed E-state index contributed by atoms with van der Waals surface area (Å²) in [6.45, 7) is 7.72. The molecule has 1 amide bonds. The third-order valence-corrected chi connectivity index (χ3v) is 14.6. The van der Waals surface area contributed by atoms with E-state index in [1.54, 1.807) is 18.7 Å². The highest BCUT2D eigenvalue weighted by Gasteiger charge is 2.35.